The molecule has 1 aromatic rings. The van der Waals surface area contributed by atoms with E-state index in [2.05, 4.69) is 15.9 Å². The molecule has 2 rings (SSSR count). The summed E-state index contributed by atoms with van der Waals surface area (Å²) in [6.07, 6.45) is 2.65. The van der Waals surface area contributed by atoms with Crippen molar-refractivity contribution in [2.45, 2.75) is 24.8 Å². The van der Waals surface area contributed by atoms with Gasteiger partial charge in [0.05, 0.1) is 4.47 Å². The van der Waals surface area contributed by atoms with Gasteiger partial charge in [0.1, 0.15) is 11.6 Å². The molecular formula is C10H11BrFNO. The Balaban J connectivity index is 2.48. The first-order valence-electron chi connectivity index (χ1n) is 4.50. The molecule has 1 fully saturated rings. The third-order valence-electron chi connectivity index (χ3n) is 2.82. The van der Waals surface area contributed by atoms with Crippen molar-refractivity contribution in [2.24, 2.45) is 5.73 Å². The molecule has 1 saturated carbocycles. The van der Waals surface area contributed by atoms with Gasteiger partial charge < -0.3 is 10.8 Å². The maximum absolute atomic E-state index is 13.5. The average molecular weight is 260 g/mol. The van der Waals surface area contributed by atoms with E-state index < -0.39 is 11.4 Å². The lowest BCUT2D eigenvalue weighted by atomic mass is 9.72. The number of phenolic OH excluding ortho intramolecular Hbond substituents is 1. The maximum Gasteiger partial charge on any atom is 0.132 e. The Kier molecular flexibility index (Phi) is 2.27. The van der Waals surface area contributed by atoms with E-state index in [9.17, 15) is 9.50 Å². The zero-order chi connectivity index (χ0) is 10.3. The molecule has 0 unspecified atom stereocenters. The standard InChI is InChI=1S/C10H11BrFNO/c11-7-4-6(8(12)5-9(7)14)10(13)2-1-3-10/h4-5,14H,1-3,13H2. The molecule has 1 aliphatic carbocycles. The number of nitrogens with two attached hydrogens (primary N) is 1. The molecule has 0 atom stereocenters. The Morgan fingerprint density at radius 2 is 2.07 bits per heavy atom. The van der Waals surface area contributed by atoms with E-state index in [1.165, 1.54) is 0 Å². The molecule has 1 aromatic carbocycles. The number of benzene rings is 1. The first kappa shape index (κ1) is 9.93. The fourth-order valence-corrected chi connectivity index (χ4v) is 2.09. The van der Waals surface area contributed by atoms with E-state index in [0.29, 0.717) is 10.0 Å². The van der Waals surface area contributed by atoms with Crippen molar-refractivity contribution in [1.29, 1.82) is 0 Å². The van der Waals surface area contributed by atoms with Gasteiger partial charge in [-0.15, -0.1) is 0 Å². The van der Waals surface area contributed by atoms with Crippen LogP contribution in [0.15, 0.2) is 16.6 Å². The predicted octanol–water partition coefficient (Wildman–Crippen LogP) is 2.63. The number of halogens is 2. The Labute approximate surface area is 90.1 Å². The summed E-state index contributed by atoms with van der Waals surface area (Å²) in [6, 6.07) is 2.68. The second kappa shape index (κ2) is 3.21. The smallest absolute Gasteiger partial charge is 0.132 e. The highest BCUT2D eigenvalue weighted by atomic mass is 79.9. The van der Waals surface area contributed by atoms with Crippen LogP contribution in [-0.2, 0) is 5.54 Å². The van der Waals surface area contributed by atoms with Crippen LogP contribution in [-0.4, -0.2) is 5.11 Å². The van der Waals surface area contributed by atoms with E-state index in [-0.39, 0.29) is 5.75 Å². The molecule has 0 radical (unpaired) electrons. The van der Waals surface area contributed by atoms with Gasteiger partial charge >= 0.3 is 0 Å². The van der Waals surface area contributed by atoms with Crippen molar-refractivity contribution in [3.8, 4) is 5.75 Å². The Hall–Kier alpha value is -0.610. The molecule has 14 heavy (non-hydrogen) atoms. The molecule has 0 heterocycles. The van der Waals surface area contributed by atoms with Crippen LogP contribution >= 0.6 is 15.9 Å². The highest BCUT2D eigenvalue weighted by molar-refractivity contribution is 9.10. The normalized spacial score (nSPS) is 19.1. The Morgan fingerprint density at radius 1 is 1.43 bits per heavy atom. The third-order valence-corrected chi connectivity index (χ3v) is 3.45. The summed E-state index contributed by atoms with van der Waals surface area (Å²) >= 11 is 3.15. The Morgan fingerprint density at radius 3 is 2.57 bits per heavy atom. The first-order chi connectivity index (χ1) is 6.53. The molecule has 0 bridgehead atoms. The minimum Gasteiger partial charge on any atom is -0.507 e. The van der Waals surface area contributed by atoms with Crippen molar-refractivity contribution in [3.05, 3.63) is 28.0 Å². The zero-order valence-corrected chi connectivity index (χ0v) is 9.14. The number of hydrogen-bond acceptors (Lipinski definition) is 2. The molecule has 76 valence electrons. The molecule has 0 aliphatic heterocycles. The lowest BCUT2D eigenvalue weighted by Gasteiger charge is -2.38. The van der Waals surface area contributed by atoms with Gasteiger partial charge in [-0.2, -0.15) is 0 Å². The number of aromatic hydroxyl groups is 1. The topological polar surface area (TPSA) is 46.2 Å². The number of hydrogen-bond donors (Lipinski definition) is 2. The second-order valence-corrected chi connectivity index (χ2v) is 4.65. The average Bonchev–Trinajstić information content (AvgIpc) is 2.07. The fourth-order valence-electron chi connectivity index (χ4n) is 1.74. The van der Waals surface area contributed by atoms with Crippen molar-refractivity contribution < 1.29 is 9.50 Å². The van der Waals surface area contributed by atoms with Gasteiger partial charge in [0.2, 0.25) is 0 Å². The van der Waals surface area contributed by atoms with Gasteiger partial charge in [0, 0.05) is 17.2 Å². The summed E-state index contributed by atoms with van der Waals surface area (Å²) < 4.78 is 14.0. The number of rotatable bonds is 1. The van der Waals surface area contributed by atoms with Crippen LogP contribution in [0, 0.1) is 5.82 Å². The first-order valence-corrected chi connectivity index (χ1v) is 5.30. The zero-order valence-electron chi connectivity index (χ0n) is 7.56. The van der Waals surface area contributed by atoms with Crippen LogP contribution in [0.5, 0.6) is 5.75 Å². The molecule has 0 aromatic heterocycles. The van der Waals surface area contributed by atoms with E-state index >= 15 is 0 Å². The van der Waals surface area contributed by atoms with Gasteiger partial charge in [-0.25, -0.2) is 4.39 Å². The SMILES string of the molecule is NC1(c2cc(Br)c(O)cc2F)CCC1. The largest absolute Gasteiger partial charge is 0.507 e. The molecule has 0 saturated heterocycles. The van der Waals surface area contributed by atoms with Gasteiger partial charge in [-0.3, -0.25) is 0 Å². The summed E-state index contributed by atoms with van der Waals surface area (Å²) in [5, 5.41) is 9.25. The maximum atomic E-state index is 13.5. The lowest BCUT2D eigenvalue weighted by Crippen LogP contribution is -2.44. The highest BCUT2D eigenvalue weighted by Crippen LogP contribution is 2.42. The van der Waals surface area contributed by atoms with E-state index in [0.717, 1.165) is 25.3 Å². The molecule has 2 nitrogen and oxygen atoms in total. The summed E-state index contributed by atoms with van der Waals surface area (Å²) in [5.74, 6) is -0.512. The van der Waals surface area contributed by atoms with Gasteiger partial charge in [0.15, 0.2) is 0 Å². The van der Waals surface area contributed by atoms with Crippen LogP contribution < -0.4 is 5.73 Å². The van der Waals surface area contributed by atoms with Crippen molar-refractivity contribution in [3.63, 3.8) is 0 Å². The van der Waals surface area contributed by atoms with Crippen LogP contribution in [0.1, 0.15) is 24.8 Å². The molecule has 4 heteroatoms. The minimum atomic E-state index is -0.527. The highest BCUT2D eigenvalue weighted by Gasteiger charge is 2.36. The summed E-state index contributed by atoms with van der Waals surface area (Å²) in [7, 11) is 0. The predicted molar refractivity (Wildman–Crippen MR) is 55.5 cm³/mol. The lowest BCUT2D eigenvalue weighted by molar-refractivity contribution is 0.244. The quantitative estimate of drug-likeness (QED) is 0.815. The van der Waals surface area contributed by atoms with E-state index in [4.69, 9.17) is 5.73 Å². The second-order valence-electron chi connectivity index (χ2n) is 3.79. The van der Waals surface area contributed by atoms with E-state index in [1.54, 1.807) is 6.07 Å². The third kappa shape index (κ3) is 1.42. The summed E-state index contributed by atoms with van der Waals surface area (Å²) in [6.45, 7) is 0. The molecular weight excluding hydrogens is 249 g/mol. The van der Waals surface area contributed by atoms with Crippen LogP contribution in [0.2, 0.25) is 0 Å². The van der Waals surface area contributed by atoms with Crippen molar-refractivity contribution in [1.82, 2.24) is 0 Å². The molecule has 1 aliphatic rings. The van der Waals surface area contributed by atoms with Gasteiger partial charge in [-0.1, -0.05) is 0 Å². The number of phenols is 1. The molecule has 0 spiro atoms. The van der Waals surface area contributed by atoms with Crippen LogP contribution in [0.4, 0.5) is 4.39 Å². The summed E-state index contributed by atoms with van der Waals surface area (Å²) in [4.78, 5) is 0. The van der Waals surface area contributed by atoms with Gasteiger partial charge in [0.25, 0.3) is 0 Å². The molecule has 0 amide bonds. The summed E-state index contributed by atoms with van der Waals surface area (Å²) in [5.41, 5.74) is 5.97. The monoisotopic (exact) mass is 259 g/mol. The van der Waals surface area contributed by atoms with Gasteiger partial charge in [-0.05, 0) is 41.3 Å². The van der Waals surface area contributed by atoms with Crippen LogP contribution in [0.3, 0.4) is 0 Å². The van der Waals surface area contributed by atoms with Crippen molar-refractivity contribution >= 4 is 15.9 Å². The minimum absolute atomic E-state index is 0.0887. The fraction of sp³-hybridized carbons (Fsp3) is 0.400. The van der Waals surface area contributed by atoms with Crippen LogP contribution in [0.25, 0.3) is 0 Å². The van der Waals surface area contributed by atoms with E-state index in [1.807, 2.05) is 0 Å². The Bertz CT molecular complexity index is 377. The van der Waals surface area contributed by atoms with Crippen molar-refractivity contribution in [2.75, 3.05) is 0 Å². The molecule has 3 N–H and O–H groups in total.